The lowest BCUT2D eigenvalue weighted by Gasteiger charge is -2.37. The summed E-state index contributed by atoms with van der Waals surface area (Å²) in [6.45, 7) is 21.5. The molecule has 0 aliphatic carbocycles. The first kappa shape index (κ1) is 28.1. The molecular formula is C30H40F2O2Si2. The lowest BCUT2D eigenvalue weighted by atomic mass is 9.98. The maximum absolute atomic E-state index is 15.7. The summed E-state index contributed by atoms with van der Waals surface area (Å²) in [5.74, 6) is 0.160. The Morgan fingerprint density at radius 1 is 0.528 bits per heavy atom. The Labute approximate surface area is 217 Å². The quantitative estimate of drug-likeness (QED) is 0.297. The summed E-state index contributed by atoms with van der Waals surface area (Å²) < 4.78 is 44.3. The van der Waals surface area contributed by atoms with Crippen LogP contribution in [-0.4, -0.2) is 16.6 Å². The lowest BCUT2D eigenvalue weighted by Crippen LogP contribution is -2.44. The molecule has 3 aromatic carbocycles. The largest absolute Gasteiger partial charge is 0.543 e. The van der Waals surface area contributed by atoms with E-state index in [1.165, 1.54) is 12.1 Å². The van der Waals surface area contributed by atoms with Crippen LogP contribution in [0.1, 0.15) is 41.5 Å². The van der Waals surface area contributed by atoms with Crippen molar-refractivity contribution in [2.75, 3.05) is 0 Å². The van der Waals surface area contributed by atoms with Gasteiger partial charge in [-0.3, -0.25) is 0 Å². The molecule has 36 heavy (non-hydrogen) atoms. The van der Waals surface area contributed by atoms with Gasteiger partial charge in [0.1, 0.15) is 23.1 Å². The van der Waals surface area contributed by atoms with Gasteiger partial charge in [0.05, 0.1) is 0 Å². The average Bonchev–Trinajstić information content (AvgIpc) is 2.74. The molecule has 0 aliphatic heterocycles. The molecule has 0 saturated carbocycles. The van der Waals surface area contributed by atoms with Gasteiger partial charge in [0, 0.05) is 22.3 Å². The molecule has 0 saturated heterocycles. The highest BCUT2D eigenvalue weighted by molar-refractivity contribution is 6.75. The second kappa shape index (κ2) is 9.78. The van der Waals surface area contributed by atoms with Crippen LogP contribution in [0.2, 0.25) is 36.3 Å². The Bertz CT molecular complexity index is 1140. The molecule has 0 aromatic heterocycles. The van der Waals surface area contributed by atoms with Crippen molar-refractivity contribution in [2.45, 2.75) is 77.8 Å². The molecule has 0 fully saturated rings. The predicted octanol–water partition coefficient (Wildman–Crippen LogP) is 10.1. The van der Waals surface area contributed by atoms with Crippen molar-refractivity contribution >= 4 is 16.6 Å². The second-order valence-electron chi connectivity index (χ2n) is 12.5. The first-order chi connectivity index (χ1) is 16.4. The van der Waals surface area contributed by atoms with E-state index in [0.29, 0.717) is 22.6 Å². The summed E-state index contributed by atoms with van der Waals surface area (Å²) in [6, 6.07) is 17.2. The summed E-state index contributed by atoms with van der Waals surface area (Å²) in [5, 5.41) is -0.0523. The SMILES string of the molecule is CC(C)(C)[Si](C)(C)Oc1ccccc1-c1cc(F)c(-c2ccccc2O[Si](C)(C)C(C)(C)C)cc1F. The summed E-state index contributed by atoms with van der Waals surface area (Å²) in [6.07, 6.45) is 0. The van der Waals surface area contributed by atoms with Crippen LogP contribution < -0.4 is 8.85 Å². The van der Waals surface area contributed by atoms with Gasteiger partial charge in [-0.15, -0.1) is 0 Å². The van der Waals surface area contributed by atoms with E-state index in [0.717, 1.165) is 0 Å². The standard InChI is InChI=1S/C30H40F2O2Si2/c1-29(2,3)35(7,8)33-27-17-13-11-15-21(27)23-19-26(32)24(20-25(23)31)22-16-12-14-18-28(22)34-36(9,10)30(4,5)6/h11-20H,1-10H3. The monoisotopic (exact) mass is 526 g/mol. The van der Waals surface area contributed by atoms with Gasteiger partial charge in [0.2, 0.25) is 0 Å². The Morgan fingerprint density at radius 3 is 1.14 bits per heavy atom. The average molecular weight is 527 g/mol. The fourth-order valence-corrected chi connectivity index (χ4v) is 5.44. The van der Waals surface area contributed by atoms with Crippen LogP contribution in [0.3, 0.4) is 0 Å². The van der Waals surface area contributed by atoms with Crippen molar-refractivity contribution in [1.29, 1.82) is 0 Å². The predicted molar refractivity (Wildman–Crippen MR) is 153 cm³/mol. The zero-order valence-electron chi connectivity index (χ0n) is 23.3. The molecule has 194 valence electrons. The molecule has 6 heteroatoms. The van der Waals surface area contributed by atoms with E-state index in [4.69, 9.17) is 8.85 Å². The minimum Gasteiger partial charge on any atom is -0.543 e. The molecule has 0 N–H and O–H groups in total. The van der Waals surface area contributed by atoms with E-state index in [1.807, 2.05) is 36.4 Å². The molecule has 0 bridgehead atoms. The Kier molecular flexibility index (Phi) is 7.65. The number of hydrogen-bond donors (Lipinski definition) is 0. The number of para-hydroxylation sites is 2. The highest BCUT2D eigenvalue weighted by Gasteiger charge is 2.40. The summed E-state index contributed by atoms with van der Waals surface area (Å²) >= 11 is 0. The van der Waals surface area contributed by atoms with Crippen molar-refractivity contribution in [3.05, 3.63) is 72.3 Å². The maximum Gasteiger partial charge on any atom is 0.250 e. The molecule has 0 unspecified atom stereocenters. The molecule has 0 aliphatic rings. The molecule has 0 atom stereocenters. The Hall–Kier alpha value is -2.45. The van der Waals surface area contributed by atoms with Crippen molar-refractivity contribution in [1.82, 2.24) is 0 Å². The van der Waals surface area contributed by atoms with Gasteiger partial charge < -0.3 is 8.85 Å². The topological polar surface area (TPSA) is 18.5 Å². The van der Waals surface area contributed by atoms with Crippen LogP contribution in [0.5, 0.6) is 11.5 Å². The van der Waals surface area contributed by atoms with E-state index in [-0.39, 0.29) is 21.2 Å². The van der Waals surface area contributed by atoms with Gasteiger partial charge in [0.15, 0.2) is 0 Å². The van der Waals surface area contributed by atoms with E-state index < -0.39 is 28.3 Å². The summed E-state index contributed by atoms with van der Waals surface area (Å²) in [4.78, 5) is 0. The van der Waals surface area contributed by atoms with Crippen LogP contribution in [0.25, 0.3) is 22.3 Å². The molecule has 2 nitrogen and oxygen atoms in total. The first-order valence-electron chi connectivity index (χ1n) is 12.5. The first-order valence-corrected chi connectivity index (χ1v) is 18.3. The van der Waals surface area contributed by atoms with Crippen LogP contribution in [-0.2, 0) is 0 Å². The van der Waals surface area contributed by atoms with E-state index in [1.54, 1.807) is 12.1 Å². The number of halogens is 2. The van der Waals surface area contributed by atoms with E-state index in [9.17, 15) is 0 Å². The van der Waals surface area contributed by atoms with Crippen molar-refractivity contribution in [3.63, 3.8) is 0 Å². The third-order valence-electron chi connectivity index (χ3n) is 7.75. The van der Waals surface area contributed by atoms with Gasteiger partial charge >= 0.3 is 0 Å². The number of rotatable bonds is 6. The highest BCUT2D eigenvalue weighted by Crippen LogP contribution is 2.44. The number of benzene rings is 3. The third-order valence-corrected chi connectivity index (χ3v) is 16.4. The van der Waals surface area contributed by atoms with Crippen molar-refractivity contribution in [3.8, 4) is 33.8 Å². The summed E-state index contributed by atoms with van der Waals surface area (Å²) in [7, 11) is -4.36. The normalized spacial score (nSPS) is 13.0. The van der Waals surface area contributed by atoms with Gasteiger partial charge in [-0.1, -0.05) is 77.9 Å². The smallest absolute Gasteiger partial charge is 0.250 e. The minimum atomic E-state index is -2.18. The van der Waals surface area contributed by atoms with Crippen molar-refractivity contribution in [2.24, 2.45) is 0 Å². The summed E-state index contributed by atoms with van der Waals surface area (Å²) in [5.41, 5.74) is 1.48. The number of hydrogen-bond acceptors (Lipinski definition) is 2. The zero-order valence-corrected chi connectivity index (χ0v) is 25.3. The van der Waals surface area contributed by atoms with Gasteiger partial charge in [-0.05, 0) is 60.5 Å². The van der Waals surface area contributed by atoms with Gasteiger partial charge in [-0.25, -0.2) is 8.78 Å². The fourth-order valence-electron chi connectivity index (χ4n) is 3.37. The fraction of sp³-hybridized carbons (Fsp3) is 0.400. The Morgan fingerprint density at radius 2 is 0.833 bits per heavy atom. The van der Waals surface area contributed by atoms with Gasteiger partial charge in [0.25, 0.3) is 16.6 Å². The molecular weight excluding hydrogens is 486 g/mol. The minimum absolute atomic E-state index is 0.0262. The van der Waals surface area contributed by atoms with E-state index in [2.05, 4.69) is 67.7 Å². The molecule has 0 amide bonds. The van der Waals surface area contributed by atoms with Crippen LogP contribution >= 0.6 is 0 Å². The second-order valence-corrected chi connectivity index (χ2v) is 22.0. The zero-order chi connectivity index (χ0) is 27.1. The van der Waals surface area contributed by atoms with Crippen molar-refractivity contribution < 1.29 is 17.6 Å². The molecule has 0 heterocycles. The van der Waals surface area contributed by atoms with E-state index >= 15 is 8.78 Å². The highest BCUT2D eigenvalue weighted by atomic mass is 28.4. The molecule has 0 radical (unpaired) electrons. The maximum atomic E-state index is 15.7. The Balaban J connectivity index is 2.08. The molecule has 3 aromatic rings. The lowest BCUT2D eigenvalue weighted by molar-refractivity contribution is 0.492. The van der Waals surface area contributed by atoms with Crippen LogP contribution in [0.15, 0.2) is 60.7 Å². The molecule has 0 spiro atoms. The van der Waals surface area contributed by atoms with Gasteiger partial charge in [-0.2, -0.15) is 0 Å². The van der Waals surface area contributed by atoms with Crippen LogP contribution in [0, 0.1) is 11.6 Å². The third kappa shape index (κ3) is 5.75. The molecule has 3 rings (SSSR count). The van der Waals surface area contributed by atoms with Crippen LogP contribution in [0.4, 0.5) is 8.78 Å².